The molecule has 0 saturated carbocycles. The molecule has 4 N–H and O–H groups in total. The van der Waals surface area contributed by atoms with Crippen molar-refractivity contribution in [2.45, 2.75) is 24.2 Å². The molecule has 1 aliphatic heterocycles. The summed E-state index contributed by atoms with van der Waals surface area (Å²) < 4.78 is 7.06. The van der Waals surface area contributed by atoms with Gasteiger partial charge in [-0.25, -0.2) is 9.97 Å². The van der Waals surface area contributed by atoms with Crippen LogP contribution >= 0.6 is 0 Å². The number of nitriles is 1. The zero-order valence-corrected chi connectivity index (χ0v) is 10.5. The lowest BCUT2D eigenvalue weighted by atomic mass is 9.91. The van der Waals surface area contributed by atoms with Gasteiger partial charge in [0, 0.05) is 18.2 Å². The average molecular weight is 275 g/mol. The molecule has 1 saturated heterocycles. The van der Waals surface area contributed by atoms with Crippen molar-refractivity contribution in [3.8, 4) is 6.07 Å². The molecule has 8 nitrogen and oxygen atoms in total. The lowest BCUT2D eigenvalue weighted by Gasteiger charge is -2.23. The molecule has 2 aromatic heterocycles. The number of nitrogens with zero attached hydrogens (tertiary/aromatic N) is 4. The summed E-state index contributed by atoms with van der Waals surface area (Å²) in [5, 5.41) is 28.8. The Hall–Kier alpha value is -2.21. The van der Waals surface area contributed by atoms with Gasteiger partial charge in [0.25, 0.3) is 0 Å². The van der Waals surface area contributed by atoms with E-state index >= 15 is 0 Å². The van der Waals surface area contributed by atoms with Crippen molar-refractivity contribution in [2.24, 2.45) is 0 Å². The van der Waals surface area contributed by atoms with E-state index < -0.39 is 17.8 Å². The smallest absolute Gasteiger partial charge is 0.207 e. The monoisotopic (exact) mass is 275 g/mol. The largest absolute Gasteiger partial charge is 0.394 e. The second-order valence-electron chi connectivity index (χ2n) is 4.71. The summed E-state index contributed by atoms with van der Waals surface area (Å²) in [6, 6.07) is 3.62. The molecule has 1 aliphatic rings. The molecule has 0 aliphatic carbocycles. The highest BCUT2D eigenvalue weighted by atomic mass is 16.5. The third-order valence-electron chi connectivity index (χ3n) is 3.53. The molecular formula is C12H13N5O3. The van der Waals surface area contributed by atoms with Crippen LogP contribution in [0.25, 0.3) is 5.65 Å². The van der Waals surface area contributed by atoms with Crippen LogP contribution < -0.4 is 5.73 Å². The molecule has 2 aromatic rings. The first-order valence-electron chi connectivity index (χ1n) is 6.08. The normalized spacial score (nSPS) is 29.6. The number of nitrogen functional groups attached to an aromatic ring is 1. The number of aliphatic hydroxyl groups is 2. The maximum atomic E-state index is 10.2. The van der Waals surface area contributed by atoms with Gasteiger partial charge in [0.2, 0.25) is 11.5 Å². The number of rotatable bonds is 2. The van der Waals surface area contributed by atoms with Crippen molar-refractivity contribution in [3.63, 3.8) is 0 Å². The zero-order valence-electron chi connectivity index (χ0n) is 10.5. The van der Waals surface area contributed by atoms with E-state index in [0.717, 1.165) is 0 Å². The third-order valence-corrected chi connectivity index (χ3v) is 3.53. The highest BCUT2D eigenvalue weighted by Gasteiger charge is 2.50. The number of ether oxygens (including phenoxy) is 1. The van der Waals surface area contributed by atoms with Gasteiger partial charge in [-0.05, 0) is 6.07 Å². The lowest BCUT2D eigenvalue weighted by Crippen LogP contribution is -2.34. The van der Waals surface area contributed by atoms with E-state index in [-0.39, 0.29) is 19.0 Å². The molecule has 3 atom stereocenters. The number of anilines is 1. The third kappa shape index (κ3) is 1.65. The topological polar surface area (TPSA) is 130 Å². The van der Waals surface area contributed by atoms with Crippen LogP contribution in [0.4, 0.5) is 5.95 Å². The second-order valence-corrected chi connectivity index (χ2v) is 4.71. The Kier molecular flexibility index (Phi) is 2.83. The van der Waals surface area contributed by atoms with Crippen molar-refractivity contribution in [1.29, 1.82) is 5.26 Å². The number of hydrogen-bond donors (Lipinski definition) is 3. The SMILES string of the molecule is N#C[C@@]1(c2cc3ncnc(N)n3c2)O[C@H](CO)C[C@H]1O. The average Bonchev–Trinajstić information content (AvgIpc) is 3.01. The van der Waals surface area contributed by atoms with Crippen LogP contribution in [0.15, 0.2) is 18.6 Å². The van der Waals surface area contributed by atoms with E-state index in [0.29, 0.717) is 11.2 Å². The van der Waals surface area contributed by atoms with Gasteiger partial charge in [-0.2, -0.15) is 5.26 Å². The van der Waals surface area contributed by atoms with Gasteiger partial charge in [-0.1, -0.05) is 0 Å². The van der Waals surface area contributed by atoms with Crippen LogP contribution in [0, 0.1) is 11.3 Å². The first-order valence-corrected chi connectivity index (χ1v) is 6.08. The fourth-order valence-electron chi connectivity index (χ4n) is 2.49. The Morgan fingerprint density at radius 1 is 1.60 bits per heavy atom. The first-order chi connectivity index (χ1) is 9.60. The second kappa shape index (κ2) is 4.42. The maximum Gasteiger partial charge on any atom is 0.207 e. The van der Waals surface area contributed by atoms with Gasteiger partial charge in [0.1, 0.15) is 24.1 Å². The molecule has 0 unspecified atom stereocenters. The maximum absolute atomic E-state index is 10.2. The molecule has 0 radical (unpaired) electrons. The Balaban J connectivity index is 2.13. The number of hydrogen-bond acceptors (Lipinski definition) is 7. The highest BCUT2D eigenvalue weighted by Crippen LogP contribution is 2.39. The minimum atomic E-state index is -1.52. The zero-order chi connectivity index (χ0) is 14.3. The summed E-state index contributed by atoms with van der Waals surface area (Å²) >= 11 is 0. The molecule has 0 spiro atoms. The van der Waals surface area contributed by atoms with Gasteiger partial charge in [-0.15, -0.1) is 0 Å². The molecule has 0 aromatic carbocycles. The van der Waals surface area contributed by atoms with Crippen LogP contribution in [0.1, 0.15) is 12.0 Å². The molecule has 20 heavy (non-hydrogen) atoms. The van der Waals surface area contributed by atoms with E-state index in [1.807, 2.05) is 6.07 Å². The van der Waals surface area contributed by atoms with E-state index in [9.17, 15) is 10.4 Å². The summed E-state index contributed by atoms with van der Waals surface area (Å²) in [6.45, 7) is -0.254. The molecule has 104 valence electrons. The van der Waals surface area contributed by atoms with Gasteiger partial charge < -0.3 is 20.7 Å². The summed E-state index contributed by atoms with van der Waals surface area (Å²) in [5.74, 6) is 0.223. The predicted molar refractivity (Wildman–Crippen MR) is 67.3 cm³/mol. The summed E-state index contributed by atoms with van der Waals surface area (Å²) in [7, 11) is 0. The first kappa shape index (κ1) is 12.8. The highest BCUT2D eigenvalue weighted by molar-refractivity contribution is 5.50. The Bertz CT molecular complexity index is 694. The molecule has 1 fully saturated rings. The van der Waals surface area contributed by atoms with Crippen molar-refractivity contribution < 1.29 is 14.9 Å². The fraction of sp³-hybridized carbons (Fsp3) is 0.417. The quantitative estimate of drug-likeness (QED) is 0.652. The van der Waals surface area contributed by atoms with Gasteiger partial charge in [-0.3, -0.25) is 4.40 Å². The Labute approximate surface area is 114 Å². The van der Waals surface area contributed by atoms with Gasteiger partial charge >= 0.3 is 0 Å². The van der Waals surface area contributed by atoms with E-state index in [1.165, 1.54) is 10.7 Å². The van der Waals surface area contributed by atoms with Crippen molar-refractivity contribution >= 4 is 11.6 Å². The number of aliphatic hydroxyl groups excluding tert-OH is 2. The number of aromatic nitrogens is 3. The number of nitrogens with two attached hydrogens (primary N) is 1. The van der Waals surface area contributed by atoms with Crippen LogP contribution in [0.3, 0.4) is 0 Å². The van der Waals surface area contributed by atoms with E-state index in [2.05, 4.69) is 9.97 Å². The molecule has 3 rings (SSSR count). The molecule has 8 heteroatoms. The molecular weight excluding hydrogens is 262 g/mol. The number of fused-ring (bicyclic) bond motifs is 1. The fourth-order valence-corrected chi connectivity index (χ4v) is 2.49. The Morgan fingerprint density at radius 3 is 3.00 bits per heavy atom. The molecule has 0 bridgehead atoms. The Morgan fingerprint density at radius 2 is 2.40 bits per heavy atom. The van der Waals surface area contributed by atoms with Crippen molar-refractivity contribution in [3.05, 3.63) is 24.2 Å². The summed E-state index contributed by atoms with van der Waals surface area (Å²) in [4.78, 5) is 7.89. The van der Waals surface area contributed by atoms with E-state index in [1.54, 1.807) is 12.3 Å². The van der Waals surface area contributed by atoms with Gasteiger partial charge in [0.05, 0.1) is 12.7 Å². The minimum Gasteiger partial charge on any atom is -0.394 e. The molecule has 0 amide bonds. The lowest BCUT2D eigenvalue weighted by molar-refractivity contribution is -0.0596. The summed E-state index contributed by atoms with van der Waals surface area (Å²) in [5.41, 5.74) is 5.15. The van der Waals surface area contributed by atoms with Crippen LogP contribution in [-0.2, 0) is 10.3 Å². The predicted octanol–water partition coefficient (Wildman–Crippen LogP) is -0.828. The summed E-state index contributed by atoms with van der Waals surface area (Å²) in [6.07, 6.45) is 1.47. The standard InChI is InChI=1S/C12H13N5O3/c13-5-12(9(19)2-8(4-18)20-12)7-1-10-15-6-16-11(14)17(10)3-7/h1,3,6,8-9,18-19H,2,4H2,(H2,14,15,16)/t8-,9+,12-/m0/s1. The van der Waals surface area contributed by atoms with Crippen LogP contribution in [0.5, 0.6) is 0 Å². The van der Waals surface area contributed by atoms with Crippen molar-refractivity contribution in [1.82, 2.24) is 14.4 Å². The van der Waals surface area contributed by atoms with Crippen LogP contribution in [0.2, 0.25) is 0 Å². The molecule has 3 heterocycles. The minimum absolute atomic E-state index is 0.192. The van der Waals surface area contributed by atoms with Crippen molar-refractivity contribution in [2.75, 3.05) is 12.3 Å². The van der Waals surface area contributed by atoms with Gasteiger partial charge in [0.15, 0.2) is 0 Å². The van der Waals surface area contributed by atoms with Crippen LogP contribution in [-0.4, -0.2) is 43.4 Å². The van der Waals surface area contributed by atoms with E-state index in [4.69, 9.17) is 15.6 Å².